The van der Waals surface area contributed by atoms with Gasteiger partial charge in [0.25, 0.3) is 0 Å². The van der Waals surface area contributed by atoms with Crippen LogP contribution in [0.4, 0.5) is 0 Å². The molecule has 0 fully saturated rings. The lowest BCUT2D eigenvalue weighted by molar-refractivity contribution is -0.887. The number of carbonyl (C=O) groups excluding carboxylic acids is 2. The zero-order valence-electron chi connectivity index (χ0n) is 38.2. The van der Waals surface area contributed by atoms with E-state index >= 15 is 0 Å². The highest BCUT2D eigenvalue weighted by Gasteiger charge is 2.31. The predicted molar refractivity (Wildman–Crippen MR) is 243 cm³/mol. The Morgan fingerprint density at radius 1 is 0.534 bits per heavy atom. The molecule has 0 saturated carbocycles. The fourth-order valence-corrected chi connectivity index (χ4v) is 6.85. The molecular weight excluding hydrogens is 727 g/mol. The largest absolute Gasteiger partial charge is 0.477 e. The smallest absolute Gasteiger partial charge is 0.362 e. The Bertz CT molecular complexity index is 1090. The van der Waals surface area contributed by atoms with E-state index in [0.717, 1.165) is 70.6 Å². The number of likely N-dealkylation sites (N-methyl/N-ethyl adjacent to an activating group) is 1. The van der Waals surface area contributed by atoms with Gasteiger partial charge in [-0.15, -0.1) is 0 Å². The summed E-state index contributed by atoms with van der Waals surface area (Å²) in [5.74, 6) is -1.47. The summed E-state index contributed by atoms with van der Waals surface area (Å²) >= 11 is 0. The third-order valence-electron chi connectivity index (χ3n) is 10.5. The number of hydrogen-bond acceptors (Lipinski definition) is 6. The van der Waals surface area contributed by atoms with Crippen molar-refractivity contribution >= 4 is 17.9 Å². The third-order valence-corrected chi connectivity index (χ3v) is 10.5. The number of unbranched alkanes of at least 4 members (excludes halogenated alkanes) is 20. The molecule has 2 unspecified atom stereocenters. The van der Waals surface area contributed by atoms with Crippen LogP contribution >= 0.6 is 0 Å². The van der Waals surface area contributed by atoms with Crippen LogP contribution in [-0.4, -0.2) is 80.6 Å². The first-order chi connectivity index (χ1) is 28.1. The van der Waals surface area contributed by atoms with E-state index in [0.29, 0.717) is 19.3 Å². The maximum absolute atomic E-state index is 12.7. The second-order valence-electron chi connectivity index (χ2n) is 17.0. The molecule has 0 aromatic heterocycles. The lowest BCUT2D eigenvalue weighted by atomic mass is 10.0. The molecule has 336 valence electrons. The topological polar surface area (TPSA) is 99.1 Å². The maximum Gasteiger partial charge on any atom is 0.362 e. The highest BCUT2D eigenvalue weighted by molar-refractivity contribution is 5.72. The van der Waals surface area contributed by atoms with Crippen molar-refractivity contribution in [1.29, 1.82) is 0 Å². The summed E-state index contributed by atoms with van der Waals surface area (Å²) in [5.41, 5.74) is 0. The molecule has 0 spiro atoms. The van der Waals surface area contributed by atoms with Gasteiger partial charge in [0, 0.05) is 19.3 Å². The van der Waals surface area contributed by atoms with Crippen LogP contribution < -0.4 is 0 Å². The minimum absolute atomic E-state index is 0.0526. The van der Waals surface area contributed by atoms with E-state index in [9.17, 15) is 19.5 Å². The van der Waals surface area contributed by atoms with E-state index in [1.54, 1.807) is 0 Å². The van der Waals surface area contributed by atoms with Crippen LogP contribution in [0.2, 0.25) is 0 Å². The number of carboxylic acid groups (broad SMARTS) is 1. The lowest BCUT2D eigenvalue weighted by Gasteiger charge is -2.31. The second-order valence-corrected chi connectivity index (χ2v) is 17.0. The predicted octanol–water partition coefficient (Wildman–Crippen LogP) is 13.2. The third kappa shape index (κ3) is 38.8. The highest BCUT2D eigenvalue weighted by atomic mass is 16.6. The number of esters is 2. The number of allylic oxidation sites excluding steroid dienone is 8. The fourth-order valence-electron chi connectivity index (χ4n) is 6.85. The number of carbonyl (C=O) groups is 3. The summed E-state index contributed by atoms with van der Waals surface area (Å²) in [6, 6.07) is -0.614. The van der Waals surface area contributed by atoms with Crippen LogP contribution in [0.25, 0.3) is 0 Å². The molecule has 2 atom stereocenters. The normalized spacial score (nSPS) is 13.3. The average Bonchev–Trinajstić information content (AvgIpc) is 3.18. The van der Waals surface area contributed by atoms with Crippen molar-refractivity contribution in [2.24, 2.45) is 0 Å². The summed E-state index contributed by atoms with van der Waals surface area (Å²) in [6.07, 6.45) is 48.7. The Morgan fingerprint density at radius 3 is 1.43 bits per heavy atom. The van der Waals surface area contributed by atoms with Gasteiger partial charge in [-0.25, -0.2) is 4.79 Å². The first kappa shape index (κ1) is 55.3. The molecule has 0 rings (SSSR count). The van der Waals surface area contributed by atoms with Crippen LogP contribution in [-0.2, 0) is 28.6 Å². The molecule has 1 N–H and O–H groups in total. The van der Waals surface area contributed by atoms with E-state index in [4.69, 9.17) is 14.2 Å². The zero-order chi connectivity index (χ0) is 42.8. The zero-order valence-corrected chi connectivity index (χ0v) is 38.2. The van der Waals surface area contributed by atoms with E-state index in [2.05, 4.69) is 62.5 Å². The Labute approximate surface area is 356 Å². The summed E-state index contributed by atoms with van der Waals surface area (Å²) in [5, 5.41) is 9.63. The van der Waals surface area contributed by atoms with Gasteiger partial charge in [-0.3, -0.25) is 9.59 Å². The van der Waals surface area contributed by atoms with Gasteiger partial charge >= 0.3 is 17.9 Å². The van der Waals surface area contributed by atoms with Crippen molar-refractivity contribution in [3.05, 3.63) is 48.6 Å². The summed E-state index contributed by atoms with van der Waals surface area (Å²) < 4.78 is 17.3. The van der Waals surface area contributed by atoms with Crippen molar-refractivity contribution in [3.8, 4) is 0 Å². The molecule has 0 aliphatic heterocycles. The van der Waals surface area contributed by atoms with Gasteiger partial charge in [0.1, 0.15) is 6.61 Å². The number of hydrogen-bond donors (Lipinski definition) is 1. The van der Waals surface area contributed by atoms with Gasteiger partial charge in [-0.05, 0) is 51.4 Å². The van der Waals surface area contributed by atoms with Crippen LogP contribution in [0.3, 0.4) is 0 Å². The molecule has 0 bridgehead atoms. The first-order valence-corrected chi connectivity index (χ1v) is 23.7. The van der Waals surface area contributed by atoms with E-state index < -0.39 is 18.1 Å². The molecule has 0 amide bonds. The van der Waals surface area contributed by atoms with Crippen molar-refractivity contribution in [2.75, 3.05) is 41.0 Å². The van der Waals surface area contributed by atoms with E-state index in [-0.39, 0.29) is 36.2 Å². The summed E-state index contributed by atoms with van der Waals surface area (Å²) in [4.78, 5) is 37.0. The number of rotatable bonds is 42. The fraction of sp³-hybridized carbons (Fsp3) is 0.780. The standard InChI is InChI=1S/C50H89NO7/c1-6-8-10-12-14-16-18-20-21-22-23-24-25-26-27-28-29-31-32-34-36-38-40-48(52)57-45-46(44-56-43-42-47(50(54)55)51(3,4)5)58-49(53)41-39-37-35-33-30-19-17-15-13-11-9-7-2/h8,10,14,16,20-21,23-24,46-47H,6-7,9,11-13,15,17-19,22,25-45H2,1-5H3/p+1/b10-8+,16-14+,21-20+,24-23+. The SMILES string of the molecule is CC/C=C/C/C=C/C/C=C/C/C=C/CCCCCCCCCCCC(=O)OCC(COCCC(C(=O)O)[N+](C)(C)C)OC(=O)CCCCCCCCCCCCCC. The van der Waals surface area contributed by atoms with Crippen molar-refractivity contribution in [3.63, 3.8) is 0 Å². The molecular formula is C50H90NO7+. The second kappa shape index (κ2) is 41.0. The lowest BCUT2D eigenvalue weighted by Crippen LogP contribution is -2.50. The molecule has 0 radical (unpaired) electrons. The summed E-state index contributed by atoms with van der Waals surface area (Å²) in [7, 11) is 5.53. The van der Waals surface area contributed by atoms with Crippen LogP contribution in [0, 0.1) is 0 Å². The number of carboxylic acids is 1. The molecule has 0 aliphatic carbocycles. The molecule has 0 saturated heterocycles. The number of aliphatic carboxylic acids is 1. The average molecular weight is 817 g/mol. The van der Waals surface area contributed by atoms with Crippen LogP contribution in [0.1, 0.15) is 200 Å². The number of quaternary nitrogens is 1. The van der Waals surface area contributed by atoms with Crippen molar-refractivity contribution in [2.45, 2.75) is 212 Å². The van der Waals surface area contributed by atoms with Gasteiger partial charge in [0.05, 0.1) is 34.4 Å². The minimum Gasteiger partial charge on any atom is -0.477 e. The van der Waals surface area contributed by atoms with Crippen LogP contribution in [0.15, 0.2) is 48.6 Å². The van der Waals surface area contributed by atoms with Gasteiger partial charge in [-0.1, -0.05) is 178 Å². The monoisotopic (exact) mass is 817 g/mol. The minimum atomic E-state index is -0.875. The van der Waals surface area contributed by atoms with E-state index in [1.165, 1.54) is 96.3 Å². The highest BCUT2D eigenvalue weighted by Crippen LogP contribution is 2.15. The Hall–Kier alpha value is -2.71. The Kier molecular flexibility index (Phi) is 39.1. The maximum atomic E-state index is 12.7. The van der Waals surface area contributed by atoms with Gasteiger partial charge < -0.3 is 23.8 Å². The van der Waals surface area contributed by atoms with Crippen LogP contribution in [0.5, 0.6) is 0 Å². The van der Waals surface area contributed by atoms with Gasteiger partial charge in [0.2, 0.25) is 0 Å². The molecule has 0 aromatic carbocycles. The Morgan fingerprint density at radius 2 is 0.966 bits per heavy atom. The molecule has 0 aromatic rings. The Balaban J connectivity index is 4.23. The molecule has 58 heavy (non-hydrogen) atoms. The number of ether oxygens (including phenoxy) is 3. The quantitative estimate of drug-likeness (QED) is 0.0283. The van der Waals surface area contributed by atoms with E-state index in [1.807, 2.05) is 21.1 Å². The molecule has 8 heteroatoms. The molecule has 0 heterocycles. The van der Waals surface area contributed by atoms with Crippen molar-refractivity contribution in [1.82, 2.24) is 0 Å². The summed E-state index contributed by atoms with van der Waals surface area (Å²) in [6.45, 7) is 4.62. The van der Waals surface area contributed by atoms with Gasteiger partial charge in [0.15, 0.2) is 12.1 Å². The molecule has 0 aliphatic rings. The molecule has 8 nitrogen and oxygen atoms in total. The number of nitrogens with zero attached hydrogens (tertiary/aromatic N) is 1. The van der Waals surface area contributed by atoms with Gasteiger partial charge in [-0.2, -0.15) is 0 Å². The van der Waals surface area contributed by atoms with Crippen molar-refractivity contribution < 1.29 is 38.2 Å². The first-order valence-electron chi connectivity index (χ1n) is 23.7.